The van der Waals surface area contributed by atoms with Crippen LogP contribution in [0, 0.1) is 5.82 Å². The quantitative estimate of drug-likeness (QED) is 0.514. The molecule has 1 fully saturated rings. The maximum atomic E-state index is 13.8. The van der Waals surface area contributed by atoms with Crippen LogP contribution in [-0.4, -0.2) is 59.2 Å². The third kappa shape index (κ3) is 4.73. The number of anilines is 2. The molecule has 0 saturated carbocycles. The summed E-state index contributed by atoms with van der Waals surface area (Å²) in [7, 11) is -2.15. The third-order valence-electron chi connectivity index (χ3n) is 6.93. The molecule has 3 aromatic carbocycles. The standard InChI is InChI=1S/C27H30FN3O3S/c1-34-27-19-22(28)12-14-26(27)30-17-15-29(16-18-30)20-23-13-11-21-7-5-6-10-25(21)31(23)35(32,33)24-8-3-2-4-9-24/h2-10,12,14,19,23H,11,13,15-18,20H2,1H3. The molecule has 0 bridgehead atoms. The predicted molar refractivity (Wildman–Crippen MR) is 136 cm³/mol. The number of aryl methyl sites for hydroxylation is 1. The van der Waals surface area contributed by atoms with Gasteiger partial charge in [0.1, 0.15) is 11.6 Å². The van der Waals surface area contributed by atoms with Crippen molar-refractivity contribution < 1.29 is 17.5 Å². The molecule has 3 aromatic rings. The maximum Gasteiger partial charge on any atom is 0.264 e. The Morgan fingerprint density at radius 1 is 0.914 bits per heavy atom. The Hall–Kier alpha value is -3.10. The minimum absolute atomic E-state index is 0.151. The van der Waals surface area contributed by atoms with Gasteiger partial charge in [0.15, 0.2) is 0 Å². The van der Waals surface area contributed by atoms with E-state index in [-0.39, 0.29) is 11.9 Å². The first kappa shape index (κ1) is 23.6. The highest BCUT2D eigenvalue weighted by molar-refractivity contribution is 7.92. The Morgan fingerprint density at radius 3 is 2.37 bits per heavy atom. The van der Waals surface area contributed by atoms with Crippen molar-refractivity contribution in [2.24, 2.45) is 0 Å². The van der Waals surface area contributed by atoms with Gasteiger partial charge in [0, 0.05) is 38.8 Å². The molecule has 0 spiro atoms. The van der Waals surface area contributed by atoms with Crippen LogP contribution in [0.3, 0.4) is 0 Å². The van der Waals surface area contributed by atoms with E-state index in [1.54, 1.807) is 41.7 Å². The highest BCUT2D eigenvalue weighted by Crippen LogP contribution is 2.36. The molecule has 2 aliphatic heterocycles. The highest BCUT2D eigenvalue weighted by Gasteiger charge is 2.37. The fraction of sp³-hybridized carbons (Fsp3) is 0.333. The van der Waals surface area contributed by atoms with Crippen LogP contribution < -0.4 is 13.9 Å². The van der Waals surface area contributed by atoms with Gasteiger partial charge in [-0.1, -0.05) is 36.4 Å². The van der Waals surface area contributed by atoms with Gasteiger partial charge < -0.3 is 9.64 Å². The summed E-state index contributed by atoms with van der Waals surface area (Å²) in [6.45, 7) is 3.76. The van der Waals surface area contributed by atoms with Gasteiger partial charge >= 0.3 is 0 Å². The Kier molecular flexibility index (Phi) is 6.67. The molecular weight excluding hydrogens is 465 g/mol. The summed E-state index contributed by atoms with van der Waals surface area (Å²) < 4.78 is 48.2. The number of hydrogen-bond acceptors (Lipinski definition) is 5. The number of rotatable bonds is 6. The van der Waals surface area contributed by atoms with Crippen LogP contribution in [0.25, 0.3) is 0 Å². The summed E-state index contributed by atoms with van der Waals surface area (Å²) in [5.41, 5.74) is 2.73. The van der Waals surface area contributed by atoms with Crippen molar-refractivity contribution in [2.45, 2.75) is 23.8 Å². The topological polar surface area (TPSA) is 53.1 Å². The largest absolute Gasteiger partial charge is 0.494 e. The van der Waals surface area contributed by atoms with E-state index in [4.69, 9.17) is 4.74 Å². The Bertz CT molecular complexity index is 1280. The van der Waals surface area contributed by atoms with E-state index in [0.717, 1.165) is 56.0 Å². The van der Waals surface area contributed by atoms with E-state index < -0.39 is 10.0 Å². The first-order chi connectivity index (χ1) is 17.0. The van der Waals surface area contributed by atoms with E-state index in [1.165, 1.54) is 12.1 Å². The second kappa shape index (κ2) is 9.87. The fourth-order valence-corrected chi connectivity index (χ4v) is 6.88. The molecule has 8 heteroatoms. The van der Waals surface area contributed by atoms with Gasteiger partial charge in [0.05, 0.1) is 29.4 Å². The predicted octanol–water partition coefficient (Wildman–Crippen LogP) is 4.17. The number of ether oxygens (including phenoxy) is 1. The van der Waals surface area contributed by atoms with E-state index >= 15 is 0 Å². The number of fused-ring (bicyclic) bond motifs is 1. The monoisotopic (exact) mass is 495 g/mol. The van der Waals surface area contributed by atoms with Crippen molar-refractivity contribution >= 4 is 21.4 Å². The molecular formula is C27H30FN3O3S. The molecule has 1 unspecified atom stereocenters. The Morgan fingerprint density at radius 2 is 1.63 bits per heavy atom. The Balaban J connectivity index is 1.35. The second-order valence-electron chi connectivity index (χ2n) is 9.04. The van der Waals surface area contributed by atoms with Crippen molar-refractivity contribution in [2.75, 3.05) is 49.0 Å². The summed E-state index contributed by atoms with van der Waals surface area (Å²) in [4.78, 5) is 4.84. The van der Waals surface area contributed by atoms with Crippen LogP contribution in [0.1, 0.15) is 12.0 Å². The van der Waals surface area contributed by atoms with Crippen molar-refractivity contribution in [1.29, 1.82) is 0 Å². The van der Waals surface area contributed by atoms with E-state index in [0.29, 0.717) is 17.2 Å². The van der Waals surface area contributed by atoms with Crippen LogP contribution in [0.5, 0.6) is 5.75 Å². The van der Waals surface area contributed by atoms with Crippen LogP contribution in [-0.2, 0) is 16.4 Å². The fourth-order valence-electron chi connectivity index (χ4n) is 5.15. The molecule has 35 heavy (non-hydrogen) atoms. The molecule has 2 aliphatic rings. The lowest BCUT2D eigenvalue weighted by Gasteiger charge is -2.42. The average Bonchev–Trinajstić information content (AvgIpc) is 2.89. The first-order valence-electron chi connectivity index (χ1n) is 12.0. The van der Waals surface area contributed by atoms with Gasteiger partial charge in [-0.05, 0) is 48.7 Å². The van der Waals surface area contributed by atoms with Crippen molar-refractivity contribution in [1.82, 2.24) is 4.90 Å². The first-order valence-corrected chi connectivity index (χ1v) is 13.4. The van der Waals surface area contributed by atoms with Gasteiger partial charge in [0.25, 0.3) is 10.0 Å². The van der Waals surface area contributed by atoms with Gasteiger partial charge in [-0.25, -0.2) is 12.8 Å². The smallest absolute Gasteiger partial charge is 0.264 e. The minimum Gasteiger partial charge on any atom is -0.494 e. The molecule has 5 rings (SSSR count). The van der Waals surface area contributed by atoms with Crippen molar-refractivity contribution in [3.8, 4) is 5.75 Å². The normalized spacial score (nSPS) is 18.9. The number of nitrogens with zero attached hydrogens (tertiary/aromatic N) is 3. The molecule has 0 radical (unpaired) electrons. The van der Waals surface area contributed by atoms with Gasteiger partial charge in [0.2, 0.25) is 0 Å². The van der Waals surface area contributed by atoms with Crippen LogP contribution in [0.2, 0.25) is 0 Å². The lowest BCUT2D eigenvalue weighted by Crippen LogP contribution is -2.54. The lowest BCUT2D eigenvalue weighted by atomic mass is 9.97. The zero-order valence-corrected chi connectivity index (χ0v) is 20.6. The summed E-state index contributed by atoms with van der Waals surface area (Å²) >= 11 is 0. The number of hydrogen-bond donors (Lipinski definition) is 0. The van der Waals surface area contributed by atoms with E-state index in [1.807, 2.05) is 30.3 Å². The summed E-state index contributed by atoms with van der Waals surface area (Å²) in [5, 5.41) is 0. The van der Waals surface area contributed by atoms with Gasteiger partial charge in [-0.2, -0.15) is 0 Å². The number of piperazine rings is 1. The molecule has 184 valence electrons. The van der Waals surface area contributed by atoms with Crippen molar-refractivity contribution in [3.63, 3.8) is 0 Å². The highest BCUT2D eigenvalue weighted by atomic mass is 32.2. The molecule has 0 amide bonds. The average molecular weight is 496 g/mol. The van der Waals surface area contributed by atoms with Gasteiger partial charge in [-0.3, -0.25) is 9.21 Å². The van der Waals surface area contributed by atoms with E-state index in [2.05, 4.69) is 9.80 Å². The van der Waals surface area contributed by atoms with Crippen LogP contribution >= 0.6 is 0 Å². The number of benzene rings is 3. The molecule has 1 saturated heterocycles. The van der Waals surface area contributed by atoms with Crippen LogP contribution in [0.15, 0.2) is 77.7 Å². The zero-order valence-electron chi connectivity index (χ0n) is 19.8. The zero-order chi connectivity index (χ0) is 24.4. The van der Waals surface area contributed by atoms with Crippen molar-refractivity contribution in [3.05, 3.63) is 84.2 Å². The molecule has 0 aromatic heterocycles. The van der Waals surface area contributed by atoms with E-state index in [9.17, 15) is 12.8 Å². The number of methoxy groups -OCH3 is 1. The van der Waals surface area contributed by atoms with Crippen LogP contribution in [0.4, 0.5) is 15.8 Å². The molecule has 0 N–H and O–H groups in total. The van der Waals surface area contributed by atoms with Gasteiger partial charge in [-0.15, -0.1) is 0 Å². The molecule has 2 heterocycles. The number of sulfonamides is 1. The minimum atomic E-state index is -3.70. The number of para-hydroxylation sites is 1. The molecule has 1 atom stereocenters. The SMILES string of the molecule is COc1cc(F)ccc1N1CCN(CC2CCc3ccccc3N2S(=O)(=O)c2ccccc2)CC1. The maximum absolute atomic E-state index is 13.8. The summed E-state index contributed by atoms with van der Waals surface area (Å²) in [6, 6.07) is 21.0. The second-order valence-corrected chi connectivity index (χ2v) is 10.9. The third-order valence-corrected chi connectivity index (χ3v) is 8.81. The molecule has 6 nitrogen and oxygen atoms in total. The summed E-state index contributed by atoms with van der Waals surface area (Å²) in [5.74, 6) is 0.212. The number of halogens is 1. The molecule has 0 aliphatic carbocycles. The lowest BCUT2D eigenvalue weighted by molar-refractivity contribution is 0.237. The summed E-state index contributed by atoms with van der Waals surface area (Å²) in [6.07, 6.45) is 1.63. The Labute approximate surface area is 206 Å².